The molecule has 0 saturated heterocycles. The van der Waals surface area contributed by atoms with Crippen LogP contribution in [-0.2, 0) is 18.5 Å². The maximum atomic E-state index is 4.51. The first-order valence-corrected chi connectivity index (χ1v) is 8.45. The molecule has 0 unspecified atom stereocenters. The highest BCUT2D eigenvalue weighted by Crippen LogP contribution is 2.25. The molecule has 0 radical (unpaired) electrons. The fraction of sp³-hybridized carbons (Fsp3) is 0.529. The predicted octanol–water partition coefficient (Wildman–Crippen LogP) is 2.45. The zero-order valence-electron chi connectivity index (χ0n) is 14.4. The molecule has 1 aliphatic rings. The zero-order valence-corrected chi connectivity index (χ0v) is 14.4. The second-order valence-electron chi connectivity index (χ2n) is 7.47. The summed E-state index contributed by atoms with van der Waals surface area (Å²) in [5.41, 5.74) is 0.773. The molecular weight excluding hydrogens is 302 g/mol. The summed E-state index contributed by atoms with van der Waals surface area (Å²) in [6, 6.07) is 0. The quantitative estimate of drug-likeness (QED) is 0.801. The van der Waals surface area contributed by atoms with E-state index in [0.29, 0.717) is 5.92 Å². The third-order valence-electron chi connectivity index (χ3n) is 4.59. The van der Waals surface area contributed by atoms with Crippen molar-refractivity contribution in [3.05, 3.63) is 30.7 Å². The number of aryl methyl sites for hydroxylation is 1. The van der Waals surface area contributed by atoms with E-state index in [0.717, 1.165) is 42.8 Å². The van der Waals surface area contributed by atoms with Crippen LogP contribution in [0.25, 0.3) is 11.0 Å². The van der Waals surface area contributed by atoms with Crippen LogP contribution >= 0.6 is 0 Å². The summed E-state index contributed by atoms with van der Waals surface area (Å²) < 4.78 is 4.20. The average Bonchev–Trinajstić information content (AvgIpc) is 3.18. The molecule has 4 heterocycles. The molecule has 0 bridgehead atoms. The zero-order chi connectivity index (χ0) is 16.7. The molecule has 0 saturated carbocycles. The molecule has 7 nitrogen and oxygen atoms in total. The van der Waals surface area contributed by atoms with E-state index in [1.165, 1.54) is 5.82 Å². The molecule has 1 aliphatic heterocycles. The Balaban J connectivity index is 1.52. The Labute approximate surface area is 141 Å². The van der Waals surface area contributed by atoms with Crippen molar-refractivity contribution in [2.45, 2.75) is 45.7 Å². The number of rotatable bonds is 3. The Morgan fingerprint density at radius 2 is 2.12 bits per heavy atom. The first kappa shape index (κ1) is 15.1. The van der Waals surface area contributed by atoms with E-state index in [-0.39, 0.29) is 5.54 Å². The molecule has 24 heavy (non-hydrogen) atoms. The van der Waals surface area contributed by atoms with Crippen LogP contribution in [0.2, 0.25) is 0 Å². The van der Waals surface area contributed by atoms with Crippen LogP contribution in [0, 0.1) is 5.92 Å². The van der Waals surface area contributed by atoms with Crippen molar-refractivity contribution in [2.75, 3.05) is 11.9 Å². The van der Waals surface area contributed by atoms with Crippen LogP contribution in [0.1, 0.15) is 33.0 Å². The van der Waals surface area contributed by atoms with E-state index in [1.54, 1.807) is 6.33 Å². The van der Waals surface area contributed by atoms with Crippen LogP contribution in [0.3, 0.4) is 0 Å². The van der Waals surface area contributed by atoms with Crippen molar-refractivity contribution in [1.29, 1.82) is 0 Å². The summed E-state index contributed by atoms with van der Waals surface area (Å²) in [7, 11) is 0. The molecule has 0 fully saturated rings. The molecule has 126 valence electrons. The highest BCUT2D eigenvalue weighted by molar-refractivity contribution is 5.86. The number of nitrogens with one attached hydrogen (secondary N) is 1. The van der Waals surface area contributed by atoms with Crippen molar-refractivity contribution in [1.82, 2.24) is 29.3 Å². The lowest BCUT2D eigenvalue weighted by Gasteiger charge is -2.24. The topological polar surface area (TPSA) is 73.5 Å². The normalized spacial score (nSPS) is 17.9. The van der Waals surface area contributed by atoms with Gasteiger partial charge < -0.3 is 9.88 Å². The molecule has 0 aliphatic carbocycles. The molecule has 0 aromatic carbocycles. The van der Waals surface area contributed by atoms with E-state index in [1.807, 2.05) is 17.1 Å². The highest BCUT2D eigenvalue weighted by atomic mass is 15.3. The number of hydrogen-bond donors (Lipinski definition) is 1. The molecule has 0 spiro atoms. The summed E-state index contributed by atoms with van der Waals surface area (Å²) in [6.07, 6.45) is 9.62. The fourth-order valence-corrected chi connectivity index (χ4v) is 3.32. The number of imidazole rings is 1. The van der Waals surface area contributed by atoms with Crippen molar-refractivity contribution in [2.24, 2.45) is 5.92 Å². The van der Waals surface area contributed by atoms with Crippen LogP contribution in [0.5, 0.6) is 0 Å². The van der Waals surface area contributed by atoms with Gasteiger partial charge in [0, 0.05) is 31.9 Å². The molecule has 3 aromatic heterocycles. The maximum absolute atomic E-state index is 4.51. The van der Waals surface area contributed by atoms with Gasteiger partial charge in [0.25, 0.3) is 0 Å². The Morgan fingerprint density at radius 1 is 1.25 bits per heavy atom. The van der Waals surface area contributed by atoms with Gasteiger partial charge in [-0.15, -0.1) is 0 Å². The van der Waals surface area contributed by atoms with Gasteiger partial charge >= 0.3 is 0 Å². The van der Waals surface area contributed by atoms with Gasteiger partial charge in [0.15, 0.2) is 5.65 Å². The molecule has 4 rings (SSSR count). The minimum atomic E-state index is -0.103. The molecular formula is C17H23N7. The third kappa shape index (κ3) is 2.64. The summed E-state index contributed by atoms with van der Waals surface area (Å²) in [5, 5.41) is 8.99. The second-order valence-corrected chi connectivity index (χ2v) is 7.47. The lowest BCUT2D eigenvalue weighted by molar-refractivity contribution is 0.366. The Hall–Kier alpha value is -2.44. The lowest BCUT2D eigenvalue weighted by Crippen LogP contribution is -2.26. The number of aromatic nitrogens is 6. The maximum Gasteiger partial charge on any atom is 0.163 e. The molecule has 7 heteroatoms. The number of hydrogen-bond acceptors (Lipinski definition) is 5. The van der Waals surface area contributed by atoms with Gasteiger partial charge in [-0.05, 0) is 33.1 Å². The first-order chi connectivity index (χ1) is 11.5. The summed E-state index contributed by atoms with van der Waals surface area (Å²) in [6.45, 7) is 8.28. The third-order valence-corrected chi connectivity index (χ3v) is 4.59. The van der Waals surface area contributed by atoms with Gasteiger partial charge in [0.1, 0.15) is 18.0 Å². The van der Waals surface area contributed by atoms with Gasteiger partial charge in [0.2, 0.25) is 0 Å². The first-order valence-electron chi connectivity index (χ1n) is 8.45. The van der Waals surface area contributed by atoms with Crippen molar-refractivity contribution >= 4 is 16.9 Å². The second kappa shape index (κ2) is 5.58. The Morgan fingerprint density at radius 3 is 2.96 bits per heavy atom. The van der Waals surface area contributed by atoms with Gasteiger partial charge in [0.05, 0.1) is 17.1 Å². The van der Waals surface area contributed by atoms with E-state index in [9.17, 15) is 0 Å². The summed E-state index contributed by atoms with van der Waals surface area (Å²) in [4.78, 5) is 13.2. The minimum Gasteiger partial charge on any atom is -0.369 e. The van der Waals surface area contributed by atoms with E-state index in [4.69, 9.17) is 0 Å². The standard InChI is InChI=1S/C17H23N7/c1-17(2,3)24-16-13(9-22-24)15(20-11-21-16)19-8-12-4-5-14-18-6-7-23(14)10-12/h6-7,9,11-12H,4-5,8,10H2,1-3H3,(H,19,20,21)/t12-/m0/s1. The van der Waals surface area contributed by atoms with E-state index >= 15 is 0 Å². The highest BCUT2D eigenvalue weighted by Gasteiger charge is 2.21. The van der Waals surface area contributed by atoms with Crippen molar-refractivity contribution in [3.8, 4) is 0 Å². The minimum absolute atomic E-state index is 0.103. The fourth-order valence-electron chi connectivity index (χ4n) is 3.32. The monoisotopic (exact) mass is 325 g/mol. The molecule has 0 amide bonds. The summed E-state index contributed by atoms with van der Waals surface area (Å²) in [5.74, 6) is 2.64. The summed E-state index contributed by atoms with van der Waals surface area (Å²) >= 11 is 0. The largest absolute Gasteiger partial charge is 0.369 e. The smallest absolute Gasteiger partial charge is 0.163 e. The van der Waals surface area contributed by atoms with Crippen LogP contribution < -0.4 is 5.32 Å². The van der Waals surface area contributed by atoms with Gasteiger partial charge in [-0.2, -0.15) is 5.10 Å². The van der Waals surface area contributed by atoms with Crippen LogP contribution in [0.15, 0.2) is 24.9 Å². The number of anilines is 1. The van der Waals surface area contributed by atoms with Gasteiger partial charge in [-0.1, -0.05) is 0 Å². The Bertz CT molecular complexity index is 855. The van der Waals surface area contributed by atoms with E-state index in [2.05, 4.69) is 56.9 Å². The predicted molar refractivity (Wildman–Crippen MR) is 92.8 cm³/mol. The van der Waals surface area contributed by atoms with Crippen molar-refractivity contribution in [3.63, 3.8) is 0 Å². The number of nitrogens with zero attached hydrogens (tertiary/aromatic N) is 6. The van der Waals surface area contributed by atoms with Gasteiger partial charge in [-0.25, -0.2) is 19.6 Å². The van der Waals surface area contributed by atoms with Crippen LogP contribution in [0.4, 0.5) is 5.82 Å². The number of fused-ring (bicyclic) bond motifs is 2. The lowest BCUT2D eigenvalue weighted by atomic mass is 9.99. The molecule has 1 N–H and O–H groups in total. The average molecular weight is 325 g/mol. The van der Waals surface area contributed by atoms with E-state index < -0.39 is 0 Å². The SMILES string of the molecule is CC(C)(C)n1ncc2c(NC[C@@H]3CCc4nccn4C3)ncnc21. The van der Waals surface area contributed by atoms with Crippen molar-refractivity contribution < 1.29 is 0 Å². The van der Waals surface area contributed by atoms with Crippen LogP contribution in [-0.4, -0.2) is 35.8 Å². The molecule has 3 aromatic rings. The Kier molecular flexibility index (Phi) is 3.51. The van der Waals surface area contributed by atoms with Gasteiger partial charge in [-0.3, -0.25) is 0 Å². The molecule has 1 atom stereocenters.